The Morgan fingerprint density at radius 2 is 2.03 bits per heavy atom. The molecule has 1 aliphatic heterocycles. The van der Waals surface area contributed by atoms with E-state index in [-0.39, 0.29) is 17.6 Å². The highest BCUT2D eigenvalue weighted by Crippen LogP contribution is 2.42. The lowest BCUT2D eigenvalue weighted by molar-refractivity contribution is -0.133. The molecule has 2 N–H and O–H groups in total. The third kappa shape index (κ3) is 4.97. The van der Waals surface area contributed by atoms with Crippen LogP contribution in [0.5, 0.6) is 5.75 Å². The summed E-state index contributed by atoms with van der Waals surface area (Å²) in [6.07, 6.45) is 4.10. The van der Waals surface area contributed by atoms with E-state index in [4.69, 9.17) is 4.74 Å². The van der Waals surface area contributed by atoms with Gasteiger partial charge in [-0.3, -0.25) is 4.79 Å². The normalized spacial score (nSPS) is 22.7. The smallest absolute Gasteiger partial charge is 0.231 e. The van der Waals surface area contributed by atoms with Crippen molar-refractivity contribution in [3.8, 4) is 5.75 Å². The van der Waals surface area contributed by atoms with Gasteiger partial charge in [0, 0.05) is 38.3 Å². The number of ether oxygens (including phenoxy) is 1. The molecule has 0 unspecified atom stereocenters. The Balaban J connectivity index is 1.29. The van der Waals surface area contributed by atoms with E-state index in [1.165, 1.54) is 32.3 Å². The average Bonchev–Trinajstić information content (AvgIpc) is 3.65. The molecule has 188 valence electrons. The van der Waals surface area contributed by atoms with E-state index >= 15 is 0 Å². The minimum Gasteiger partial charge on any atom is -0.494 e. The van der Waals surface area contributed by atoms with Crippen LogP contribution in [0.15, 0.2) is 24.5 Å². The molecule has 1 aromatic carbocycles. The molecule has 1 saturated heterocycles. The molecule has 0 bridgehead atoms. The maximum atomic E-state index is 14.5. The number of carbonyl (C=O) groups is 1. The number of methoxy groups -OCH3 is 1. The molecular weight excluding hydrogens is 449 g/mol. The van der Waals surface area contributed by atoms with Crippen LogP contribution in [-0.2, 0) is 4.79 Å². The molecule has 0 spiro atoms. The quantitative estimate of drug-likeness (QED) is 0.597. The van der Waals surface area contributed by atoms with Crippen molar-refractivity contribution in [3.63, 3.8) is 0 Å². The summed E-state index contributed by atoms with van der Waals surface area (Å²) >= 11 is 0. The van der Waals surface area contributed by atoms with Crippen LogP contribution in [0.3, 0.4) is 0 Å². The fourth-order valence-electron chi connectivity index (χ4n) is 5.31. The van der Waals surface area contributed by atoms with Gasteiger partial charge in [-0.1, -0.05) is 13.0 Å². The third-order valence-electron chi connectivity index (χ3n) is 7.52. The molecule has 3 atom stereocenters. The van der Waals surface area contributed by atoms with E-state index < -0.39 is 17.8 Å². The number of anilines is 1. The molecule has 35 heavy (non-hydrogen) atoms. The summed E-state index contributed by atoms with van der Waals surface area (Å²) in [7, 11) is 1.44. The van der Waals surface area contributed by atoms with Gasteiger partial charge in [-0.2, -0.15) is 0 Å². The predicted molar refractivity (Wildman–Crippen MR) is 130 cm³/mol. The zero-order valence-electron chi connectivity index (χ0n) is 20.4. The van der Waals surface area contributed by atoms with Crippen LogP contribution in [0.4, 0.5) is 10.2 Å². The van der Waals surface area contributed by atoms with E-state index in [0.29, 0.717) is 50.6 Å². The standard InChI is InChI=1S/C26H34FN5O3/c1-16-11-21(33)24-23(16)25(30-15-29-24)31-7-9-32(10-8-31)26(34)19(14-28-13-17-3-4-17)18-5-6-22(35-2)20(27)12-18/h5-6,12,15-17,19,21,28,33H,3-4,7-11,13-14H2,1-2H3/t16-,19-,21+/m1/s1. The molecule has 8 nitrogen and oxygen atoms in total. The highest BCUT2D eigenvalue weighted by atomic mass is 19.1. The number of aliphatic hydroxyl groups is 1. The molecule has 1 aromatic heterocycles. The second-order valence-electron chi connectivity index (χ2n) is 10.0. The van der Waals surface area contributed by atoms with Crippen molar-refractivity contribution < 1.29 is 19.0 Å². The summed E-state index contributed by atoms with van der Waals surface area (Å²) in [5.74, 6) is 1.03. The van der Waals surface area contributed by atoms with Crippen LogP contribution in [0.2, 0.25) is 0 Å². The van der Waals surface area contributed by atoms with E-state index in [1.807, 2.05) is 4.90 Å². The first-order valence-corrected chi connectivity index (χ1v) is 12.6. The Morgan fingerprint density at radius 3 is 2.71 bits per heavy atom. The number of amides is 1. The summed E-state index contributed by atoms with van der Waals surface area (Å²) in [4.78, 5) is 26.5. The van der Waals surface area contributed by atoms with Crippen LogP contribution >= 0.6 is 0 Å². The fraction of sp³-hybridized carbons (Fsp3) is 0.577. The highest BCUT2D eigenvalue weighted by Gasteiger charge is 2.35. The Labute approximate surface area is 205 Å². The van der Waals surface area contributed by atoms with Crippen LogP contribution < -0.4 is 15.0 Å². The van der Waals surface area contributed by atoms with Gasteiger partial charge in [0.25, 0.3) is 0 Å². The Morgan fingerprint density at radius 1 is 1.26 bits per heavy atom. The average molecular weight is 484 g/mol. The number of aliphatic hydroxyl groups excluding tert-OH is 1. The lowest BCUT2D eigenvalue weighted by Crippen LogP contribution is -2.51. The molecule has 2 fully saturated rings. The fourth-order valence-corrected chi connectivity index (χ4v) is 5.31. The van der Waals surface area contributed by atoms with Gasteiger partial charge in [-0.15, -0.1) is 0 Å². The molecular formula is C26H34FN5O3. The molecule has 0 radical (unpaired) electrons. The molecule has 1 saturated carbocycles. The summed E-state index contributed by atoms with van der Waals surface area (Å²) in [5.41, 5.74) is 2.41. The highest BCUT2D eigenvalue weighted by molar-refractivity contribution is 5.84. The third-order valence-corrected chi connectivity index (χ3v) is 7.52. The number of fused-ring (bicyclic) bond motifs is 1. The first-order chi connectivity index (χ1) is 17.0. The summed E-state index contributed by atoms with van der Waals surface area (Å²) in [5, 5.41) is 13.8. The maximum Gasteiger partial charge on any atom is 0.231 e. The van der Waals surface area contributed by atoms with Crippen LogP contribution in [0, 0.1) is 11.7 Å². The number of piperazine rings is 1. The molecule has 3 aliphatic rings. The zero-order valence-corrected chi connectivity index (χ0v) is 20.4. The van der Waals surface area contributed by atoms with Gasteiger partial charge in [0.1, 0.15) is 12.1 Å². The van der Waals surface area contributed by atoms with Gasteiger partial charge in [-0.05, 0) is 55.3 Å². The van der Waals surface area contributed by atoms with E-state index in [0.717, 1.165) is 23.6 Å². The van der Waals surface area contributed by atoms with Gasteiger partial charge < -0.3 is 25.0 Å². The molecule has 9 heteroatoms. The van der Waals surface area contributed by atoms with Crippen molar-refractivity contribution in [2.24, 2.45) is 5.92 Å². The van der Waals surface area contributed by atoms with Gasteiger partial charge in [0.15, 0.2) is 11.6 Å². The number of nitrogens with one attached hydrogen (secondary N) is 1. The zero-order chi connectivity index (χ0) is 24.5. The Kier molecular flexibility index (Phi) is 6.88. The van der Waals surface area contributed by atoms with Gasteiger partial charge in [0.05, 0.1) is 24.8 Å². The van der Waals surface area contributed by atoms with Crippen molar-refractivity contribution >= 4 is 11.7 Å². The largest absolute Gasteiger partial charge is 0.494 e. The number of hydrogen-bond acceptors (Lipinski definition) is 7. The summed E-state index contributed by atoms with van der Waals surface area (Å²) in [6.45, 7) is 5.89. The number of nitrogens with zero attached hydrogens (tertiary/aromatic N) is 4. The maximum absolute atomic E-state index is 14.5. The first kappa shape index (κ1) is 23.9. The number of benzene rings is 1. The molecule has 2 heterocycles. The van der Waals surface area contributed by atoms with E-state index in [1.54, 1.807) is 12.1 Å². The first-order valence-electron chi connectivity index (χ1n) is 12.6. The lowest BCUT2D eigenvalue weighted by Gasteiger charge is -2.38. The summed E-state index contributed by atoms with van der Waals surface area (Å²) < 4.78 is 19.5. The number of rotatable bonds is 8. The van der Waals surface area contributed by atoms with Crippen molar-refractivity contribution in [3.05, 3.63) is 47.2 Å². The van der Waals surface area contributed by atoms with Crippen molar-refractivity contribution in [1.82, 2.24) is 20.2 Å². The molecule has 5 rings (SSSR count). The second kappa shape index (κ2) is 10.1. The summed E-state index contributed by atoms with van der Waals surface area (Å²) in [6, 6.07) is 4.80. The monoisotopic (exact) mass is 483 g/mol. The SMILES string of the molecule is COc1ccc([C@@H](CNCC2CC2)C(=O)N2CCN(c3ncnc4c3[C@H](C)C[C@@H]4O)CC2)cc1F. The number of aromatic nitrogens is 2. The number of carbonyl (C=O) groups excluding carboxylic acids is 1. The second-order valence-corrected chi connectivity index (χ2v) is 10.0. The molecule has 1 amide bonds. The number of hydrogen-bond donors (Lipinski definition) is 2. The molecule has 2 aromatic rings. The van der Waals surface area contributed by atoms with Crippen LogP contribution in [0.1, 0.15) is 60.9 Å². The lowest BCUT2D eigenvalue weighted by atomic mass is 9.96. The van der Waals surface area contributed by atoms with Crippen molar-refractivity contribution in [2.75, 3.05) is 51.3 Å². The predicted octanol–water partition coefficient (Wildman–Crippen LogP) is 2.60. The Bertz CT molecular complexity index is 1070. The van der Waals surface area contributed by atoms with Crippen LogP contribution in [0.25, 0.3) is 0 Å². The van der Waals surface area contributed by atoms with E-state index in [9.17, 15) is 14.3 Å². The topological polar surface area (TPSA) is 90.8 Å². The van der Waals surface area contributed by atoms with Crippen molar-refractivity contribution in [1.29, 1.82) is 0 Å². The van der Waals surface area contributed by atoms with E-state index in [2.05, 4.69) is 27.1 Å². The minimum atomic E-state index is -0.543. The molecule has 2 aliphatic carbocycles. The van der Waals surface area contributed by atoms with Crippen molar-refractivity contribution in [2.45, 2.75) is 44.1 Å². The van der Waals surface area contributed by atoms with Gasteiger partial charge in [0.2, 0.25) is 5.91 Å². The minimum absolute atomic E-state index is 0.00854. The Hall–Kier alpha value is -2.78. The van der Waals surface area contributed by atoms with Gasteiger partial charge >= 0.3 is 0 Å². The van der Waals surface area contributed by atoms with Crippen LogP contribution in [-0.4, -0.2) is 72.3 Å². The van der Waals surface area contributed by atoms with Gasteiger partial charge in [-0.25, -0.2) is 14.4 Å². The number of halogens is 1.